The molecule has 2 aromatic heterocycles. The van der Waals surface area contributed by atoms with Crippen LogP contribution in [-0.2, 0) is 6.42 Å². The van der Waals surface area contributed by atoms with Gasteiger partial charge in [0.25, 0.3) is 0 Å². The van der Waals surface area contributed by atoms with Gasteiger partial charge in [-0.15, -0.1) is 0 Å². The van der Waals surface area contributed by atoms with E-state index < -0.39 is 0 Å². The Bertz CT molecular complexity index is 419. The highest BCUT2D eigenvalue weighted by atomic mass is 16.5. The number of nitrogens with two attached hydrogens (primary N) is 1. The maximum atomic E-state index is 5.67. The van der Waals surface area contributed by atoms with Gasteiger partial charge in [0, 0.05) is 18.7 Å². The van der Waals surface area contributed by atoms with Gasteiger partial charge in [0.2, 0.25) is 11.7 Å². The van der Waals surface area contributed by atoms with Crippen LogP contribution in [-0.4, -0.2) is 21.2 Å². The van der Waals surface area contributed by atoms with Crippen LogP contribution >= 0.6 is 0 Å². The number of rotatable bonds is 5. The minimum Gasteiger partial charge on any atom is -0.359 e. The lowest BCUT2D eigenvalue weighted by molar-refractivity contribution is 0.373. The van der Waals surface area contributed by atoms with Gasteiger partial charge in [0.15, 0.2) is 0 Å². The Hall–Kier alpha value is -1.62. The van der Waals surface area contributed by atoms with Crippen molar-refractivity contribution >= 4 is 0 Å². The van der Waals surface area contributed by atoms with Crippen LogP contribution in [0.15, 0.2) is 22.9 Å². The molecule has 0 spiro atoms. The minimum atomic E-state index is 0.228. The molecule has 0 fully saturated rings. The second-order valence-corrected chi connectivity index (χ2v) is 3.97. The summed E-state index contributed by atoms with van der Waals surface area (Å²) in [6.45, 7) is 2.00. The number of aromatic amines is 1. The van der Waals surface area contributed by atoms with Crippen LogP contribution in [0.25, 0.3) is 11.5 Å². The van der Waals surface area contributed by atoms with Gasteiger partial charge in [-0.25, -0.2) is 0 Å². The largest absolute Gasteiger partial charge is 0.359 e. The van der Waals surface area contributed by atoms with Crippen LogP contribution in [0.2, 0.25) is 0 Å². The minimum absolute atomic E-state index is 0.228. The molecule has 86 valence electrons. The summed E-state index contributed by atoms with van der Waals surface area (Å²) in [7, 11) is 0. The van der Waals surface area contributed by atoms with Crippen LogP contribution in [0, 0.1) is 0 Å². The molecular weight excluding hydrogens is 204 g/mol. The quantitative estimate of drug-likeness (QED) is 0.804. The molecule has 2 heterocycles. The molecule has 0 aromatic carbocycles. The Kier molecular flexibility index (Phi) is 3.36. The zero-order chi connectivity index (χ0) is 11.4. The molecule has 0 bridgehead atoms. The number of nitrogens with one attached hydrogen (secondary N) is 1. The average molecular weight is 220 g/mol. The molecule has 0 amide bonds. The molecule has 0 radical (unpaired) electrons. The average Bonchev–Trinajstić information content (AvgIpc) is 2.85. The predicted molar refractivity (Wildman–Crippen MR) is 60.7 cm³/mol. The molecule has 2 aromatic rings. The lowest BCUT2D eigenvalue weighted by Gasteiger charge is -2.00. The highest BCUT2D eigenvalue weighted by molar-refractivity contribution is 5.47. The molecule has 3 N–H and O–H groups in total. The zero-order valence-corrected chi connectivity index (χ0v) is 9.31. The molecule has 0 aliphatic carbocycles. The highest BCUT2D eigenvalue weighted by Gasteiger charge is 2.08. The van der Waals surface area contributed by atoms with E-state index in [4.69, 9.17) is 10.3 Å². The van der Waals surface area contributed by atoms with E-state index in [0.29, 0.717) is 11.7 Å². The van der Waals surface area contributed by atoms with Crippen LogP contribution < -0.4 is 5.73 Å². The molecule has 16 heavy (non-hydrogen) atoms. The number of hydrogen-bond donors (Lipinski definition) is 2. The first-order valence-corrected chi connectivity index (χ1v) is 5.47. The lowest BCUT2D eigenvalue weighted by Crippen LogP contribution is -2.14. The molecule has 0 saturated heterocycles. The molecular formula is C11H16N4O. The summed E-state index contributed by atoms with van der Waals surface area (Å²) in [5.74, 6) is 1.28. The normalized spacial score (nSPS) is 12.9. The second-order valence-electron chi connectivity index (χ2n) is 3.97. The van der Waals surface area contributed by atoms with Gasteiger partial charge < -0.3 is 15.2 Å². The molecule has 1 unspecified atom stereocenters. The molecule has 5 nitrogen and oxygen atoms in total. The predicted octanol–water partition coefficient (Wildman–Crippen LogP) is 1.73. The van der Waals surface area contributed by atoms with E-state index in [1.165, 1.54) is 0 Å². The summed E-state index contributed by atoms with van der Waals surface area (Å²) in [4.78, 5) is 7.34. The van der Waals surface area contributed by atoms with Crippen molar-refractivity contribution in [1.82, 2.24) is 15.1 Å². The lowest BCUT2D eigenvalue weighted by atomic mass is 10.1. The van der Waals surface area contributed by atoms with E-state index in [1.807, 2.05) is 25.3 Å². The van der Waals surface area contributed by atoms with E-state index in [2.05, 4.69) is 15.1 Å². The van der Waals surface area contributed by atoms with Crippen LogP contribution in [0.5, 0.6) is 0 Å². The summed E-state index contributed by atoms with van der Waals surface area (Å²) >= 11 is 0. The molecule has 2 rings (SSSR count). The van der Waals surface area contributed by atoms with Crippen molar-refractivity contribution in [1.29, 1.82) is 0 Å². The maximum absolute atomic E-state index is 5.67. The summed E-state index contributed by atoms with van der Waals surface area (Å²) in [6, 6.07) is 4.05. The molecule has 1 atom stereocenters. The first kappa shape index (κ1) is 10.9. The highest BCUT2D eigenvalue weighted by Crippen LogP contribution is 2.13. The smallest absolute Gasteiger partial charge is 0.227 e. The standard InChI is InChI=1S/C11H16N4O/c1-8(12)4-2-6-10-14-11(15-16-10)9-5-3-7-13-9/h3,5,7-8,13H,2,4,6,12H2,1H3. The first-order valence-electron chi connectivity index (χ1n) is 5.47. The van der Waals surface area contributed by atoms with Gasteiger partial charge >= 0.3 is 0 Å². The van der Waals surface area contributed by atoms with Crippen molar-refractivity contribution in [2.24, 2.45) is 5.73 Å². The van der Waals surface area contributed by atoms with E-state index in [1.54, 1.807) is 0 Å². The van der Waals surface area contributed by atoms with Crippen molar-refractivity contribution in [3.8, 4) is 11.5 Å². The Morgan fingerprint density at radius 3 is 3.12 bits per heavy atom. The van der Waals surface area contributed by atoms with Gasteiger partial charge in [0.1, 0.15) is 0 Å². The Morgan fingerprint density at radius 1 is 1.56 bits per heavy atom. The Morgan fingerprint density at radius 2 is 2.44 bits per heavy atom. The second kappa shape index (κ2) is 4.94. The fourth-order valence-electron chi connectivity index (χ4n) is 1.51. The van der Waals surface area contributed by atoms with Crippen LogP contribution in [0.1, 0.15) is 25.7 Å². The third-order valence-corrected chi connectivity index (χ3v) is 2.36. The van der Waals surface area contributed by atoms with Crippen LogP contribution in [0.4, 0.5) is 0 Å². The molecule has 0 aliphatic rings. The van der Waals surface area contributed by atoms with Crippen molar-refractivity contribution in [3.05, 3.63) is 24.2 Å². The monoisotopic (exact) mass is 220 g/mol. The van der Waals surface area contributed by atoms with Gasteiger partial charge in [-0.3, -0.25) is 0 Å². The Labute approximate surface area is 94.0 Å². The van der Waals surface area contributed by atoms with Gasteiger partial charge in [-0.05, 0) is 31.9 Å². The first-order chi connectivity index (χ1) is 7.75. The summed E-state index contributed by atoms with van der Waals surface area (Å²) < 4.78 is 5.15. The molecule has 0 aliphatic heterocycles. The molecule has 5 heteroatoms. The van der Waals surface area contributed by atoms with Crippen molar-refractivity contribution in [2.75, 3.05) is 0 Å². The van der Waals surface area contributed by atoms with E-state index >= 15 is 0 Å². The van der Waals surface area contributed by atoms with Gasteiger partial charge in [-0.1, -0.05) is 5.16 Å². The summed E-state index contributed by atoms with van der Waals surface area (Å²) in [5, 5.41) is 3.91. The summed E-state index contributed by atoms with van der Waals surface area (Å²) in [6.07, 6.45) is 4.57. The topological polar surface area (TPSA) is 80.7 Å². The number of aryl methyl sites for hydroxylation is 1. The number of nitrogens with zero attached hydrogens (tertiary/aromatic N) is 2. The van der Waals surface area contributed by atoms with Crippen molar-refractivity contribution < 1.29 is 4.52 Å². The summed E-state index contributed by atoms with van der Waals surface area (Å²) in [5.41, 5.74) is 6.54. The molecule has 0 saturated carbocycles. The third-order valence-electron chi connectivity index (χ3n) is 2.36. The third kappa shape index (κ3) is 2.70. The Balaban J connectivity index is 1.93. The van der Waals surface area contributed by atoms with Crippen molar-refractivity contribution in [3.63, 3.8) is 0 Å². The number of aromatic nitrogens is 3. The fourth-order valence-corrected chi connectivity index (χ4v) is 1.51. The maximum Gasteiger partial charge on any atom is 0.227 e. The van der Waals surface area contributed by atoms with Crippen molar-refractivity contribution in [2.45, 2.75) is 32.2 Å². The number of hydrogen-bond acceptors (Lipinski definition) is 4. The van der Waals surface area contributed by atoms with E-state index in [0.717, 1.165) is 25.0 Å². The van der Waals surface area contributed by atoms with E-state index in [-0.39, 0.29) is 6.04 Å². The van der Waals surface area contributed by atoms with E-state index in [9.17, 15) is 0 Å². The zero-order valence-electron chi connectivity index (χ0n) is 9.31. The van der Waals surface area contributed by atoms with Gasteiger partial charge in [-0.2, -0.15) is 4.98 Å². The fraction of sp³-hybridized carbons (Fsp3) is 0.455. The SMILES string of the molecule is CC(N)CCCc1nc(-c2ccc[nH]2)no1. The number of H-pyrrole nitrogens is 1. The van der Waals surface area contributed by atoms with Crippen LogP contribution in [0.3, 0.4) is 0 Å². The van der Waals surface area contributed by atoms with Gasteiger partial charge in [0.05, 0.1) is 5.69 Å².